The van der Waals surface area contributed by atoms with Gasteiger partial charge in [-0.1, -0.05) is 30.3 Å². The van der Waals surface area contributed by atoms with Gasteiger partial charge in [0, 0.05) is 26.2 Å². The zero-order valence-electron chi connectivity index (χ0n) is 12.6. The van der Waals surface area contributed by atoms with E-state index in [2.05, 4.69) is 10.3 Å². The lowest BCUT2D eigenvalue weighted by Gasteiger charge is -2.33. The van der Waals surface area contributed by atoms with Gasteiger partial charge in [-0.3, -0.25) is 10.2 Å². The van der Waals surface area contributed by atoms with E-state index in [1.807, 2.05) is 37.3 Å². The molecule has 1 atom stereocenters. The second-order valence-corrected chi connectivity index (χ2v) is 5.43. The Morgan fingerprint density at radius 3 is 2.62 bits per heavy atom. The lowest BCUT2D eigenvalue weighted by molar-refractivity contribution is -0.123. The molecular weight excluding hydrogens is 266 g/mol. The number of nitrogens with zero attached hydrogens (tertiary/aromatic N) is 1. The summed E-state index contributed by atoms with van der Waals surface area (Å²) in [5, 5.41) is 0. The monoisotopic (exact) mass is 291 g/mol. The van der Waals surface area contributed by atoms with E-state index < -0.39 is 0 Å². The van der Waals surface area contributed by atoms with Crippen LogP contribution in [0.3, 0.4) is 0 Å². The maximum absolute atomic E-state index is 12.1. The van der Waals surface area contributed by atoms with E-state index in [9.17, 15) is 4.79 Å². The molecule has 116 valence electrons. The SMILES string of the molecule is CCOC1CCN(CC(C(=O)NN)c2ccccc2)CC1. The second kappa shape index (κ2) is 8.12. The number of hydrogen-bond donors (Lipinski definition) is 2. The molecule has 1 aromatic carbocycles. The third-order valence-corrected chi connectivity index (χ3v) is 4.04. The minimum absolute atomic E-state index is 0.131. The first kappa shape index (κ1) is 15.9. The molecule has 1 unspecified atom stereocenters. The van der Waals surface area contributed by atoms with Crippen LogP contribution in [0, 0.1) is 0 Å². The van der Waals surface area contributed by atoms with Gasteiger partial charge in [0.1, 0.15) is 0 Å². The van der Waals surface area contributed by atoms with Crippen LogP contribution in [0.1, 0.15) is 31.2 Å². The number of hydrogen-bond acceptors (Lipinski definition) is 4. The Morgan fingerprint density at radius 1 is 1.38 bits per heavy atom. The summed E-state index contributed by atoms with van der Waals surface area (Å²) in [4.78, 5) is 14.4. The Hall–Kier alpha value is -1.43. The quantitative estimate of drug-likeness (QED) is 0.470. The van der Waals surface area contributed by atoms with E-state index in [1.54, 1.807) is 0 Å². The molecule has 1 aromatic rings. The predicted octanol–water partition coefficient (Wildman–Crippen LogP) is 1.26. The number of ether oxygens (including phenoxy) is 1. The smallest absolute Gasteiger partial charge is 0.242 e. The Morgan fingerprint density at radius 2 is 2.05 bits per heavy atom. The average molecular weight is 291 g/mol. The largest absolute Gasteiger partial charge is 0.378 e. The van der Waals surface area contributed by atoms with E-state index in [1.165, 1.54) is 0 Å². The summed E-state index contributed by atoms with van der Waals surface area (Å²) in [6.07, 6.45) is 2.42. The number of nitrogens with one attached hydrogen (secondary N) is 1. The third kappa shape index (κ3) is 4.52. The summed E-state index contributed by atoms with van der Waals surface area (Å²) in [6, 6.07) is 9.81. The number of carbonyl (C=O) groups excluding carboxylic acids is 1. The molecule has 1 heterocycles. The number of amides is 1. The molecule has 21 heavy (non-hydrogen) atoms. The number of piperidine rings is 1. The Bertz CT molecular complexity index is 430. The third-order valence-electron chi connectivity index (χ3n) is 4.04. The molecular formula is C16H25N3O2. The molecule has 1 amide bonds. The van der Waals surface area contributed by atoms with Crippen molar-refractivity contribution in [3.8, 4) is 0 Å². The minimum Gasteiger partial charge on any atom is -0.378 e. The fourth-order valence-corrected chi connectivity index (χ4v) is 2.88. The van der Waals surface area contributed by atoms with Crippen LogP contribution in [0.25, 0.3) is 0 Å². The van der Waals surface area contributed by atoms with Gasteiger partial charge < -0.3 is 9.64 Å². The summed E-state index contributed by atoms with van der Waals surface area (Å²) in [5.41, 5.74) is 3.30. The highest BCUT2D eigenvalue weighted by atomic mass is 16.5. The lowest BCUT2D eigenvalue weighted by Crippen LogP contribution is -2.44. The molecule has 0 radical (unpaired) electrons. The molecule has 2 rings (SSSR count). The topological polar surface area (TPSA) is 67.6 Å². The minimum atomic E-state index is -0.222. The van der Waals surface area contributed by atoms with Crippen molar-refractivity contribution in [3.63, 3.8) is 0 Å². The maximum atomic E-state index is 12.1. The zero-order chi connectivity index (χ0) is 15.1. The number of benzene rings is 1. The molecule has 0 aromatic heterocycles. The fraction of sp³-hybridized carbons (Fsp3) is 0.562. The van der Waals surface area contributed by atoms with Gasteiger partial charge in [0.05, 0.1) is 12.0 Å². The number of nitrogens with two attached hydrogens (primary N) is 1. The normalized spacial score (nSPS) is 18.4. The molecule has 0 spiro atoms. The van der Waals surface area contributed by atoms with E-state index in [4.69, 9.17) is 10.6 Å². The molecule has 5 heteroatoms. The Balaban J connectivity index is 1.96. The van der Waals surface area contributed by atoms with Crippen LogP contribution in [0.15, 0.2) is 30.3 Å². The number of likely N-dealkylation sites (tertiary alicyclic amines) is 1. The van der Waals surface area contributed by atoms with Crippen molar-refractivity contribution in [1.82, 2.24) is 10.3 Å². The van der Waals surface area contributed by atoms with Gasteiger partial charge in [-0.2, -0.15) is 0 Å². The predicted molar refractivity (Wildman–Crippen MR) is 82.6 cm³/mol. The van der Waals surface area contributed by atoms with Crippen LogP contribution >= 0.6 is 0 Å². The molecule has 5 nitrogen and oxygen atoms in total. The number of carbonyl (C=O) groups is 1. The summed E-state index contributed by atoms with van der Waals surface area (Å²) >= 11 is 0. The summed E-state index contributed by atoms with van der Waals surface area (Å²) in [6.45, 7) is 5.43. The molecule has 1 saturated heterocycles. The summed E-state index contributed by atoms with van der Waals surface area (Å²) < 4.78 is 5.66. The highest BCUT2D eigenvalue weighted by Gasteiger charge is 2.26. The van der Waals surface area contributed by atoms with Gasteiger partial charge in [-0.05, 0) is 25.3 Å². The Kier molecular flexibility index (Phi) is 6.17. The van der Waals surface area contributed by atoms with Crippen LogP contribution in [-0.4, -0.2) is 43.2 Å². The highest BCUT2D eigenvalue weighted by Crippen LogP contribution is 2.21. The van der Waals surface area contributed by atoms with Crippen molar-refractivity contribution in [2.24, 2.45) is 5.84 Å². The summed E-state index contributed by atoms with van der Waals surface area (Å²) in [7, 11) is 0. The molecule has 0 aliphatic carbocycles. The zero-order valence-corrected chi connectivity index (χ0v) is 12.6. The van der Waals surface area contributed by atoms with Gasteiger partial charge >= 0.3 is 0 Å². The molecule has 1 aliphatic rings. The van der Waals surface area contributed by atoms with Crippen LogP contribution < -0.4 is 11.3 Å². The Labute approximate surface area is 126 Å². The van der Waals surface area contributed by atoms with Crippen molar-refractivity contribution >= 4 is 5.91 Å². The van der Waals surface area contributed by atoms with Crippen LogP contribution in [0.5, 0.6) is 0 Å². The van der Waals surface area contributed by atoms with Gasteiger partial charge in [0.2, 0.25) is 5.91 Å². The fourth-order valence-electron chi connectivity index (χ4n) is 2.88. The van der Waals surface area contributed by atoms with Crippen molar-refractivity contribution in [3.05, 3.63) is 35.9 Å². The molecule has 1 fully saturated rings. The van der Waals surface area contributed by atoms with E-state index >= 15 is 0 Å². The first-order valence-corrected chi connectivity index (χ1v) is 7.64. The molecule has 3 N–H and O–H groups in total. The van der Waals surface area contributed by atoms with Gasteiger partial charge in [-0.25, -0.2) is 5.84 Å². The van der Waals surface area contributed by atoms with Crippen LogP contribution in [0.4, 0.5) is 0 Å². The first-order chi connectivity index (χ1) is 10.2. The van der Waals surface area contributed by atoms with Gasteiger partial charge in [0.15, 0.2) is 0 Å². The standard InChI is InChI=1S/C16H25N3O2/c1-2-21-14-8-10-19(11-9-14)12-15(16(20)18-17)13-6-4-3-5-7-13/h3-7,14-15H,2,8-12,17H2,1H3,(H,18,20). The molecule has 1 aliphatic heterocycles. The van der Waals surface area contributed by atoms with Crippen molar-refractivity contribution in [2.45, 2.75) is 31.8 Å². The second-order valence-electron chi connectivity index (χ2n) is 5.43. The van der Waals surface area contributed by atoms with Crippen molar-refractivity contribution < 1.29 is 9.53 Å². The number of rotatable bonds is 6. The molecule has 0 bridgehead atoms. The van der Waals surface area contributed by atoms with Crippen molar-refractivity contribution in [1.29, 1.82) is 0 Å². The lowest BCUT2D eigenvalue weighted by atomic mass is 9.96. The summed E-state index contributed by atoms with van der Waals surface area (Å²) in [5.74, 6) is 4.99. The van der Waals surface area contributed by atoms with E-state index in [-0.39, 0.29) is 11.8 Å². The van der Waals surface area contributed by atoms with E-state index in [0.717, 1.165) is 38.1 Å². The number of hydrazine groups is 1. The van der Waals surface area contributed by atoms with Crippen LogP contribution in [-0.2, 0) is 9.53 Å². The van der Waals surface area contributed by atoms with Crippen molar-refractivity contribution in [2.75, 3.05) is 26.2 Å². The van der Waals surface area contributed by atoms with Crippen LogP contribution in [0.2, 0.25) is 0 Å². The first-order valence-electron chi connectivity index (χ1n) is 7.64. The van der Waals surface area contributed by atoms with Gasteiger partial charge in [0.25, 0.3) is 0 Å². The molecule has 0 saturated carbocycles. The highest BCUT2D eigenvalue weighted by molar-refractivity contribution is 5.83. The van der Waals surface area contributed by atoms with E-state index in [0.29, 0.717) is 12.6 Å². The average Bonchev–Trinajstić information content (AvgIpc) is 2.54. The van der Waals surface area contributed by atoms with Gasteiger partial charge in [-0.15, -0.1) is 0 Å². The maximum Gasteiger partial charge on any atom is 0.242 e.